The van der Waals surface area contributed by atoms with E-state index in [-0.39, 0.29) is 17.9 Å². The molecule has 0 atom stereocenters. The normalized spacial score (nSPS) is 10.7. The van der Waals surface area contributed by atoms with E-state index in [1.54, 1.807) is 11.7 Å². The van der Waals surface area contributed by atoms with Crippen molar-refractivity contribution in [1.29, 1.82) is 0 Å². The van der Waals surface area contributed by atoms with Crippen molar-refractivity contribution >= 4 is 21.7 Å². The topological polar surface area (TPSA) is 47.8 Å². The van der Waals surface area contributed by atoms with Crippen LogP contribution in [-0.4, -0.2) is 20.5 Å². The number of ketones is 1. The number of aromatic nitrogens is 3. The maximum absolute atomic E-state index is 12.8. The smallest absolute Gasteiger partial charge is 0.187 e. The van der Waals surface area contributed by atoms with Gasteiger partial charge in [0.05, 0.1) is 28.5 Å². The lowest BCUT2D eigenvalue weighted by atomic mass is 10.1. The third-order valence-corrected chi connectivity index (χ3v) is 3.76. The minimum Gasteiger partial charge on any atom is -0.292 e. The number of pyridine rings is 1. The number of hydrogen-bond acceptors (Lipinski definition) is 3. The van der Waals surface area contributed by atoms with Gasteiger partial charge >= 0.3 is 0 Å². The van der Waals surface area contributed by atoms with Crippen LogP contribution < -0.4 is 0 Å². The second-order valence-corrected chi connectivity index (χ2v) is 4.94. The van der Waals surface area contributed by atoms with Gasteiger partial charge in [0.25, 0.3) is 0 Å². The van der Waals surface area contributed by atoms with Crippen molar-refractivity contribution in [3.05, 3.63) is 45.7 Å². The van der Waals surface area contributed by atoms with E-state index in [9.17, 15) is 9.18 Å². The second-order valence-electron chi connectivity index (χ2n) is 4.15. The molecule has 19 heavy (non-hydrogen) atoms. The summed E-state index contributed by atoms with van der Waals surface area (Å²) in [6.45, 7) is 2.00. The van der Waals surface area contributed by atoms with Crippen LogP contribution in [0.5, 0.6) is 0 Å². The summed E-state index contributed by atoms with van der Waals surface area (Å²) in [5.74, 6) is -0.613. The van der Waals surface area contributed by atoms with E-state index in [2.05, 4.69) is 26.0 Å². The highest BCUT2D eigenvalue weighted by molar-refractivity contribution is 9.10. The van der Waals surface area contributed by atoms with Crippen molar-refractivity contribution in [2.24, 2.45) is 7.05 Å². The van der Waals surface area contributed by atoms with Gasteiger partial charge in [-0.15, -0.1) is 0 Å². The van der Waals surface area contributed by atoms with Gasteiger partial charge in [-0.05, 0) is 34.5 Å². The quantitative estimate of drug-likeness (QED) is 0.812. The Morgan fingerprint density at radius 3 is 2.74 bits per heavy atom. The molecule has 0 aliphatic heterocycles. The van der Waals surface area contributed by atoms with Gasteiger partial charge in [0, 0.05) is 7.05 Å². The van der Waals surface area contributed by atoms with Gasteiger partial charge in [-0.1, -0.05) is 6.92 Å². The fourth-order valence-corrected chi connectivity index (χ4v) is 2.55. The summed E-state index contributed by atoms with van der Waals surface area (Å²) in [4.78, 5) is 15.9. The van der Waals surface area contributed by atoms with Gasteiger partial charge in [0.15, 0.2) is 5.78 Å². The maximum Gasteiger partial charge on any atom is 0.187 e. The van der Waals surface area contributed by atoms with Crippen LogP contribution in [0.25, 0.3) is 0 Å². The average molecular weight is 326 g/mol. The molecular weight excluding hydrogens is 313 g/mol. The minimum absolute atomic E-state index is 0.161. The fourth-order valence-electron chi connectivity index (χ4n) is 1.80. The summed E-state index contributed by atoms with van der Waals surface area (Å²) in [5, 5.41) is 4.33. The molecule has 0 aliphatic carbocycles. The Kier molecular flexibility index (Phi) is 4.09. The summed E-state index contributed by atoms with van der Waals surface area (Å²) in [6, 6.07) is 2.62. The molecule has 6 heteroatoms. The highest BCUT2D eigenvalue weighted by Crippen LogP contribution is 2.22. The molecule has 2 aromatic heterocycles. The average Bonchev–Trinajstić information content (AvgIpc) is 2.67. The van der Waals surface area contributed by atoms with E-state index in [4.69, 9.17) is 0 Å². The lowest BCUT2D eigenvalue weighted by molar-refractivity contribution is 0.0985. The molecule has 0 spiro atoms. The molecule has 0 N–H and O–H groups in total. The standard InChI is InChI=1S/C13H13BrFN3O/c1-3-9-13(14)11(18(2)17-9)6-12(19)10-5-4-8(15)7-16-10/h4-5,7H,3,6H2,1-2H3. The molecule has 2 aromatic rings. The number of rotatable bonds is 4. The molecule has 0 radical (unpaired) electrons. The van der Waals surface area contributed by atoms with E-state index in [1.165, 1.54) is 12.1 Å². The van der Waals surface area contributed by atoms with Gasteiger partial charge < -0.3 is 0 Å². The van der Waals surface area contributed by atoms with E-state index in [0.29, 0.717) is 0 Å². The van der Waals surface area contributed by atoms with Gasteiger partial charge in [-0.2, -0.15) is 5.10 Å². The summed E-state index contributed by atoms with van der Waals surface area (Å²) in [5.41, 5.74) is 1.97. The molecule has 2 heterocycles. The molecule has 0 unspecified atom stereocenters. The third-order valence-electron chi connectivity index (χ3n) is 2.84. The van der Waals surface area contributed by atoms with Gasteiger partial charge in [0.1, 0.15) is 11.5 Å². The molecule has 0 saturated heterocycles. The first-order valence-corrected chi connectivity index (χ1v) is 6.67. The zero-order chi connectivity index (χ0) is 14.0. The number of halogens is 2. The third kappa shape index (κ3) is 2.89. The van der Waals surface area contributed by atoms with Crippen LogP contribution in [0.2, 0.25) is 0 Å². The zero-order valence-electron chi connectivity index (χ0n) is 10.7. The van der Waals surface area contributed by atoms with Crippen LogP contribution in [0.4, 0.5) is 4.39 Å². The molecule has 0 amide bonds. The van der Waals surface area contributed by atoms with Crippen LogP contribution in [0.3, 0.4) is 0 Å². The Morgan fingerprint density at radius 2 is 2.21 bits per heavy atom. The second kappa shape index (κ2) is 5.61. The van der Waals surface area contributed by atoms with E-state index in [1.807, 2.05) is 6.92 Å². The van der Waals surface area contributed by atoms with Crippen LogP contribution in [0.1, 0.15) is 28.8 Å². The van der Waals surface area contributed by atoms with Crippen molar-refractivity contribution in [3.8, 4) is 0 Å². The van der Waals surface area contributed by atoms with Crippen LogP contribution >= 0.6 is 15.9 Å². The molecule has 0 saturated carbocycles. The zero-order valence-corrected chi connectivity index (χ0v) is 12.2. The van der Waals surface area contributed by atoms with E-state index in [0.717, 1.165) is 28.5 Å². The molecule has 0 fully saturated rings. The molecule has 2 rings (SSSR count). The number of carbonyl (C=O) groups is 1. The number of nitrogens with zero attached hydrogens (tertiary/aromatic N) is 3. The molecule has 4 nitrogen and oxygen atoms in total. The monoisotopic (exact) mass is 325 g/mol. The van der Waals surface area contributed by atoms with Crippen LogP contribution in [0.15, 0.2) is 22.8 Å². The van der Waals surface area contributed by atoms with Crippen molar-refractivity contribution in [3.63, 3.8) is 0 Å². The van der Waals surface area contributed by atoms with Crippen LogP contribution in [-0.2, 0) is 19.9 Å². The highest BCUT2D eigenvalue weighted by atomic mass is 79.9. The SMILES string of the molecule is CCc1nn(C)c(CC(=O)c2ccc(F)cn2)c1Br. The van der Waals surface area contributed by atoms with Crippen LogP contribution in [0, 0.1) is 5.82 Å². The lowest BCUT2D eigenvalue weighted by Crippen LogP contribution is -2.10. The Bertz CT molecular complexity index is 607. The Hall–Kier alpha value is -1.56. The molecule has 100 valence electrons. The molecule has 0 aliphatic rings. The van der Waals surface area contributed by atoms with Crippen molar-refractivity contribution < 1.29 is 9.18 Å². The summed E-state index contributed by atoms with van der Waals surface area (Å²) in [6.07, 6.45) is 2.02. The number of carbonyl (C=O) groups excluding carboxylic acids is 1. The first kappa shape index (κ1) is 13.9. The predicted molar refractivity (Wildman–Crippen MR) is 72.5 cm³/mol. The first-order valence-electron chi connectivity index (χ1n) is 5.88. The molecular formula is C13H13BrFN3O. The summed E-state index contributed by atoms with van der Waals surface area (Å²) >= 11 is 3.46. The van der Waals surface area contributed by atoms with E-state index < -0.39 is 5.82 Å². The Balaban J connectivity index is 2.24. The van der Waals surface area contributed by atoms with E-state index >= 15 is 0 Å². The van der Waals surface area contributed by atoms with Crippen molar-refractivity contribution in [2.75, 3.05) is 0 Å². The van der Waals surface area contributed by atoms with Crippen molar-refractivity contribution in [2.45, 2.75) is 19.8 Å². The minimum atomic E-state index is -0.452. The maximum atomic E-state index is 12.8. The largest absolute Gasteiger partial charge is 0.292 e. The summed E-state index contributed by atoms with van der Waals surface area (Å²) in [7, 11) is 1.80. The Labute approximate surface area is 118 Å². The summed E-state index contributed by atoms with van der Waals surface area (Å²) < 4.78 is 15.3. The highest BCUT2D eigenvalue weighted by Gasteiger charge is 2.17. The van der Waals surface area contributed by atoms with Crippen molar-refractivity contribution in [1.82, 2.24) is 14.8 Å². The predicted octanol–water partition coefficient (Wildman–Crippen LogP) is 2.70. The molecule has 0 aromatic carbocycles. The van der Waals surface area contributed by atoms with Gasteiger partial charge in [0.2, 0.25) is 0 Å². The fraction of sp³-hybridized carbons (Fsp3) is 0.308. The Morgan fingerprint density at radius 1 is 1.47 bits per heavy atom. The number of Topliss-reactive ketones (excluding diaryl/α,β-unsaturated/α-hetero) is 1. The van der Waals surface area contributed by atoms with Gasteiger partial charge in [-0.25, -0.2) is 4.39 Å². The number of hydrogen-bond donors (Lipinski definition) is 0. The molecule has 0 bridgehead atoms. The van der Waals surface area contributed by atoms with Gasteiger partial charge in [-0.3, -0.25) is 14.5 Å². The number of aryl methyl sites for hydroxylation is 2. The lowest BCUT2D eigenvalue weighted by Gasteiger charge is -2.02. The first-order chi connectivity index (χ1) is 9.02.